The zero-order valence-electron chi connectivity index (χ0n) is 8.15. The highest BCUT2D eigenvalue weighted by atomic mass is 35.5. The number of rotatable bonds is 2. The lowest BCUT2D eigenvalue weighted by Crippen LogP contribution is -1.94. The lowest BCUT2D eigenvalue weighted by atomic mass is 10.1. The van der Waals surface area contributed by atoms with Crippen LogP contribution in [0.1, 0.15) is 10.4 Å². The molecule has 1 heterocycles. The molecule has 0 saturated heterocycles. The van der Waals surface area contributed by atoms with E-state index in [0.717, 1.165) is 0 Å². The minimum Gasteiger partial charge on any atom is -0.275 e. The average molecular weight is 236 g/mol. The van der Waals surface area contributed by atoms with Crippen molar-refractivity contribution < 1.29 is 9.18 Å². The Kier molecular flexibility index (Phi) is 2.97. The molecule has 1 aromatic heterocycles. The van der Waals surface area contributed by atoms with Gasteiger partial charge < -0.3 is 0 Å². The maximum atomic E-state index is 13.5. The van der Waals surface area contributed by atoms with E-state index in [0.29, 0.717) is 11.3 Å². The molecule has 0 saturated carbocycles. The number of hydrogen-bond donors (Lipinski definition) is 0. The molecule has 0 fully saturated rings. The maximum absolute atomic E-state index is 13.5. The standard InChI is InChI=1S/C12H7ClFNO/c13-12(16)9-5-4-8(7-10(9)14)11-3-1-2-6-15-11/h1-7H. The van der Waals surface area contributed by atoms with Gasteiger partial charge in [0.05, 0.1) is 11.3 Å². The summed E-state index contributed by atoms with van der Waals surface area (Å²) in [6.07, 6.45) is 1.62. The van der Waals surface area contributed by atoms with Gasteiger partial charge in [-0.2, -0.15) is 0 Å². The van der Waals surface area contributed by atoms with Crippen molar-refractivity contribution in [1.82, 2.24) is 4.98 Å². The smallest absolute Gasteiger partial charge is 0.255 e. The topological polar surface area (TPSA) is 30.0 Å². The summed E-state index contributed by atoms with van der Waals surface area (Å²) in [4.78, 5) is 14.9. The number of nitrogens with zero attached hydrogens (tertiary/aromatic N) is 1. The Balaban J connectivity index is 2.46. The van der Waals surface area contributed by atoms with Crippen LogP contribution in [-0.2, 0) is 0 Å². The molecule has 80 valence electrons. The molecule has 0 N–H and O–H groups in total. The van der Waals surface area contributed by atoms with Gasteiger partial charge in [0, 0.05) is 11.8 Å². The van der Waals surface area contributed by atoms with E-state index in [9.17, 15) is 9.18 Å². The zero-order valence-corrected chi connectivity index (χ0v) is 8.91. The normalized spacial score (nSPS) is 10.1. The van der Waals surface area contributed by atoms with E-state index in [1.807, 2.05) is 0 Å². The Labute approximate surface area is 96.7 Å². The molecule has 0 spiro atoms. The van der Waals surface area contributed by atoms with E-state index in [1.165, 1.54) is 12.1 Å². The molecule has 4 heteroatoms. The number of hydrogen-bond acceptors (Lipinski definition) is 2. The fraction of sp³-hybridized carbons (Fsp3) is 0. The Morgan fingerprint density at radius 2 is 2.06 bits per heavy atom. The molecule has 0 amide bonds. The number of benzene rings is 1. The van der Waals surface area contributed by atoms with Crippen molar-refractivity contribution in [1.29, 1.82) is 0 Å². The summed E-state index contributed by atoms with van der Waals surface area (Å²) >= 11 is 5.21. The molecule has 0 bridgehead atoms. The van der Waals surface area contributed by atoms with Gasteiger partial charge in [-0.1, -0.05) is 12.1 Å². The number of pyridine rings is 1. The maximum Gasteiger partial charge on any atom is 0.255 e. The summed E-state index contributed by atoms with van der Waals surface area (Å²) in [6, 6.07) is 9.56. The van der Waals surface area contributed by atoms with Crippen LogP contribution in [0.4, 0.5) is 4.39 Å². The first-order valence-corrected chi connectivity index (χ1v) is 4.97. The fourth-order valence-corrected chi connectivity index (χ4v) is 1.52. The molecule has 0 atom stereocenters. The first kappa shape index (κ1) is 10.8. The van der Waals surface area contributed by atoms with Crippen molar-refractivity contribution in [2.45, 2.75) is 0 Å². The number of carbonyl (C=O) groups excluding carboxylic acids is 1. The molecular formula is C12H7ClFNO. The van der Waals surface area contributed by atoms with Crippen LogP contribution < -0.4 is 0 Å². The second-order valence-electron chi connectivity index (χ2n) is 3.18. The van der Waals surface area contributed by atoms with Crippen LogP contribution in [0, 0.1) is 5.82 Å². The second-order valence-corrected chi connectivity index (χ2v) is 3.53. The minimum absolute atomic E-state index is 0.124. The van der Waals surface area contributed by atoms with E-state index in [4.69, 9.17) is 11.6 Å². The quantitative estimate of drug-likeness (QED) is 0.748. The molecule has 0 aliphatic heterocycles. The molecule has 2 rings (SSSR count). The van der Waals surface area contributed by atoms with Gasteiger partial charge in [-0.25, -0.2) is 4.39 Å². The molecule has 0 aliphatic rings. The summed E-state index contributed by atoms with van der Waals surface area (Å²) in [6.45, 7) is 0. The summed E-state index contributed by atoms with van der Waals surface area (Å²) < 4.78 is 13.5. The van der Waals surface area contributed by atoms with Crippen molar-refractivity contribution in [2.75, 3.05) is 0 Å². The van der Waals surface area contributed by atoms with Crippen LogP contribution >= 0.6 is 11.6 Å². The van der Waals surface area contributed by atoms with E-state index >= 15 is 0 Å². The highest BCUT2D eigenvalue weighted by Crippen LogP contribution is 2.20. The van der Waals surface area contributed by atoms with Crippen LogP contribution in [0.25, 0.3) is 11.3 Å². The average Bonchev–Trinajstić information content (AvgIpc) is 2.29. The predicted molar refractivity (Wildman–Crippen MR) is 59.8 cm³/mol. The summed E-state index contributed by atoms with van der Waals surface area (Å²) in [5, 5.41) is -0.801. The third kappa shape index (κ3) is 2.09. The van der Waals surface area contributed by atoms with Gasteiger partial charge in [-0.3, -0.25) is 9.78 Å². The third-order valence-corrected chi connectivity index (χ3v) is 2.35. The summed E-state index contributed by atoms with van der Waals surface area (Å²) in [5.41, 5.74) is 1.14. The number of aromatic nitrogens is 1. The van der Waals surface area contributed by atoms with Gasteiger partial charge >= 0.3 is 0 Å². The van der Waals surface area contributed by atoms with Crippen molar-refractivity contribution in [2.24, 2.45) is 0 Å². The van der Waals surface area contributed by atoms with Gasteiger partial charge in [0.25, 0.3) is 5.24 Å². The van der Waals surface area contributed by atoms with Gasteiger partial charge in [0.1, 0.15) is 5.82 Å². The SMILES string of the molecule is O=C(Cl)c1ccc(-c2ccccn2)cc1F. The van der Waals surface area contributed by atoms with Crippen LogP contribution in [0.5, 0.6) is 0 Å². The second kappa shape index (κ2) is 4.41. The monoisotopic (exact) mass is 235 g/mol. The van der Waals surface area contributed by atoms with Crippen LogP contribution in [0.15, 0.2) is 42.6 Å². The number of halogens is 2. The Bertz CT molecular complexity index is 528. The highest BCUT2D eigenvalue weighted by molar-refractivity contribution is 6.67. The summed E-state index contributed by atoms with van der Waals surface area (Å²) in [5.74, 6) is -0.636. The van der Waals surface area contributed by atoms with E-state index < -0.39 is 11.1 Å². The molecular weight excluding hydrogens is 229 g/mol. The Morgan fingerprint density at radius 1 is 1.25 bits per heavy atom. The van der Waals surface area contributed by atoms with Crippen LogP contribution in [0.2, 0.25) is 0 Å². The molecule has 0 aliphatic carbocycles. The largest absolute Gasteiger partial charge is 0.275 e. The minimum atomic E-state index is -0.801. The van der Waals surface area contributed by atoms with Crippen LogP contribution in [0.3, 0.4) is 0 Å². The van der Waals surface area contributed by atoms with Crippen LogP contribution in [-0.4, -0.2) is 10.2 Å². The van der Waals surface area contributed by atoms with Gasteiger partial charge in [-0.15, -0.1) is 0 Å². The van der Waals surface area contributed by atoms with Gasteiger partial charge in [0.15, 0.2) is 0 Å². The fourth-order valence-electron chi connectivity index (χ4n) is 1.37. The first-order chi connectivity index (χ1) is 7.68. The van der Waals surface area contributed by atoms with E-state index in [-0.39, 0.29) is 5.56 Å². The van der Waals surface area contributed by atoms with Crippen molar-refractivity contribution in [3.8, 4) is 11.3 Å². The molecule has 2 aromatic rings. The van der Waals surface area contributed by atoms with Gasteiger partial charge in [0.2, 0.25) is 0 Å². The molecule has 2 nitrogen and oxygen atoms in total. The first-order valence-electron chi connectivity index (χ1n) is 4.59. The highest BCUT2D eigenvalue weighted by Gasteiger charge is 2.10. The van der Waals surface area contributed by atoms with Crippen molar-refractivity contribution >= 4 is 16.8 Å². The molecule has 16 heavy (non-hydrogen) atoms. The van der Waals surface area contributed by atoms with E-state index in [2.05, 4.69) is 4.98 Å². The lowest BCUT2D eigenvalue weighted by Gasteiger charge is -2.02. The molecule has 1 aromatic carbocycles. The number of carbonyl (C=O) groups is 1. The third-order valence-electron chi connectivity index (χ3n) is 2.14. The van der Waals surface area contributed by atoms with Crippen molar-refractivity contribution in [3.05, 3.63) is 54.0 Å². The predicted octanol–water partition coefficient (Wildman–Crippen LogP) is 3.27. The van der Waals surface area contributed by atoms with Gasteiger partial charge in [-0.05, 0) is 35.9 Å². The summed E-state index contributed by atoms with van der Waals surface area (Å²) in [7, 11) is 0. The molecule has 0 radical (unpaired) electrons. The Hall–Kier alpha value is -1.74. The lowest BCUT2D eigenvalue weighted by molar-refractivity contribution is 0.107. The Morgan fingerprint density at radius 3 is 2.62 bits per heavy atom. The van der Waals surface area contributed by atoms with Crippen molar-refractivity contribution in [3.63, 3.8) is 0 Å². The molecule has 0 unspecified atom stereocenters. The zero-order chi connectivity index (χ0) is 11.5. The van der Waals surface area contributed by atoms with E-state index in [1.54, 1.807) is 30.5 Å².